The first-order valence-corrected chi connectivity index (χ1v) is 8.23. The van der Waals surface area contributed by atoms with Crippen LogP contribution in [0.1, 0.15) is 16.7 Å². The van der Waals surface area contributed by atoms with Crippen molar-refractivity contribution in [2.75, 3.05) is 0 Å². The minimum Gasteiger partial charge on any atom is -0.207 e. The van der Waals surface area contributed by atoms with E-state index in [-0.39, 0.29) is 4.90 Å². The van der Waals surface area contributed by atoms with Crippen molar-refractivity contribution < 1.29 is 8.42 Å². The molecule has 19 heavy (non-hydrogen) atoms. The summed E-state index contributed by atoms with van der Waals surface area (Å²) in [6, 6.07) is 11.3. The van der Waals surface area contributed by atoms with Crippen LogP contribution in [0.5, 0.6) is 0 Å². The summed E-state index contributed by atoms with van der Waals surface area (Å²) in [6.07, 6.45) is 0. The van der Waals surface area contributed by atoms with Gasteiger partial charge in [0.05, 0.1) is 4.90 Å². The molecular weight excluding hydrogens is 280 g/mol. The zero-order valence-corrected chi connectivity index (χ0v) is 12.6. The standard InChI is InChI=1S/C15H15ClO2S/c1-10-5-4-6-14(12(10)3)13-8-7-11(2)15(9-13)19(16,17)18/h4-9H,1-3H3. The Morgan fingerprint density at radius 1 is 0.947 bits per heavy atom. The van der Waals surface area contributed by atoms with Crippen LogP contribution in [0.15, 0.2) is 41.3 Å². The fraction of sp³-hybridized carbons (Fsp3) is 0.200. The van der Waals surface area contributed by atoms with E-state index in [4.69, 9.17) is 10.7 Å². The fourth-order valence-corrected chi connectivity index (χ4v) is 3.31. The Labute approximate surface area is 118 Å². The van der Waals surface area contributed by atoms with Crippen molar-refractivity contribution in [2.45, 2.75) is 25.7 Å². The Morgan fingerprint density at radius 2 is 1.63 bits per heavy atom. The third kappa shape index (κ3) is 2.82. The van der Waals surface area contributed by atoms with E-state index in [9.17, 15) is 8.42 Å². The average Bonchev–Trinajstić information content (AvgIpc) is 2.32. The maximum Gasteiger partial charge on any atom is 0.261 e. The lowest BCUT2D eigenvalue weighted by Crippen LogP contribution is -1.96. The molecule has 0 atom stereocenters. The van der Waals surface area contributed by atoms with Gasteiger partial charge in [0.1, 0.15) is 0 Å². The normalized spacial score (nSPS) is 11.6. The Kier molecular flexibility index (Phi) is 3.70. The smallest absolute Gasteiger partial charge is 0.207 e. The van der Waals surface area contributed by atoms with Crippen LogP contribution in [-0.2, 0) is 9.05 Å². The fourth-order valence-electron chi connectivity index (χ4n) is 2.09. The van der Waals surface area contributed by atoms with E-state index in [1.807, 2.05) is 38.1 Å². The highest BCUT2D eigenvalue weighted by Gasteiger charge is 2.15. The summed E-state index contributed by atoms with van der Waals surface area (Å²) in [4.78, 5) is 0.174. The number of benzene rings is 2. The van der Waals surface area contributed by atoms with Gasteiger partial charge in [0, 0.05) is 10.7 Å². The maximum atomic E-state index is 11.6. The minimum absolute atomic E-state index is 0.174. The van der Waals surface area contributed by atoms with Gasteiger partial charge >= 0.3 is 0 Å². The van der Waals surface area contributed by atoms with E-state index in [0.717, 1.165) is 16.7 Å². The first-order chi connectivity index (χ1) is 8.80. The van der Waals surface area contributed by atoms with Gasteiger partial charge in [-0.1, -0.05) is 30.3 Å². The van der Waals surface area contributed by atoms with Crippen LogP contribution in [-0.4, -0.2) is 8.42 Å². The van der Waals surface area contributed by atoms with E-state index >= 15 is 0 Å². The summed E-state index contributed by atoms with van der Waals surface area (Å²) in [7, 11) is 1.75. The Hall–Kier alpha value is -1.32. The number of halogens is 1. The molecule has 0 heterocycles. The molecule has 0 N–H and O–H groups in total. The molecular formula is C15H15ClO2S. The largest absolute Gasteiger partial charge is 0.261 e. The molecule has 0 unspecified atom stereocenters. The molecule has 0 aliphatic rings. The van der Waals surface area contributed by atoms with Crippen molar-refractivity contribution >= 4 is 19.7 Å². The topological polar surface area (TPSA) is 34.1 Å². The quantitative estimate of drug-likeness (QED) is 0.778. The highest BCUT2D eigenvalue weighted by molar-refractivity contribution is 8.13. The highest BCUT2D eigenvalue weighted by atomic mass is 35.7. The lowest BCUT2D eigenvalue weighted by Gasteiger charge is -2.11. The van der Waals surface area contributed by atoms with Gasteiger partial charge in [0.15, 0.2) is 0 Å². The molecule has 0 radical (unpaired) electrons. The van der Waals surface area contributed by atoms with Crippen LogP contribution in [0.4, 0.5) is 0 Å². The van der Waals surface area contributed by atoms with E-state index < -0.39 is 9.05 Å². The molecule has 0 aromatic heterocycles. The SMILES string of the molecule is Cc1ccc(-c2cccc(C)c2C)cc1S(=O)(=O)Cl. The van der Waals surface area contributed by atoms with Gasteiger partial charge in [0.2, 0.25) is 0 Å². The van der Waals surface area contributed by atoms with Gasteiger partial charge in [0.25, 0.3) is 9.05 Å². The zero-order valence-electron chi connectivity index (χ0n) is 11.1. The molecule has 2 aromatic carbocycles. The molecule has 0 spiro atoms. The van der Waals surface area contributed by atoms with Gasteiger partial charge < -0.3 is 0 Å². The second kappa shape index (κ2) is 4.99. The molecule has 0 aliphatic carbocycles. The second-order valence-corrected chi connectivity index (χ2v) is 7.20. The predicted molar refractivity (Wildman–Crippen MR) is 79.1 cm³/mol. The lowest BCUT2D eigenvalue weighted by molar-refractivity contribution is 0.609. The first-order valence-electron chi connectivity index (χ1n) is 5.92. The van der Waals surface area contributed by atoms with Crippen LogP contribution >= 0.6 is 10.7 Å². The Bertz CT molecular complexity index is 734. The van der Waals surface area contributed by atoms with Gasteiger partial charge in [-0.05, 0) is 54.7 Å². The average molecular weight is 295 g/mol. The summed E-state index contributed by atoms with van der Waals surface area (Å²) >= 11 is 0. The first kappa shape index (κ1) is 14.1. The minimum atomic E-state index is -3.71. The molecule has 100 valence electrons. The van der Waals surface area contributed by atoms with E-state index in [1.54, 1.807) is 19.1 Å². The molecule has 2 aromatic rings. The molecule has 0 aliphatic heterocycles. The van der Waals surface area contributed by atoms with Crippen molar-refractivity contribution in [1.29, 1.82) is 0 Å². The van der Waals surface area contributed by atoms with Crippen LogP contribution in [0.25, 0.3) is 11.1 Å². The van der Waals surface area contributed by atoms with Crippen LogP contribution < -0.4 is 0 Å². The lowest BCUT2D eigenvalue weighted by atomic mass is 9.96. The van der Waals surface area contributed by atoms with E-state index in [1.165, 1.54) is 5.56 Å². The summed E-state index contributed by atoms with van der Waals surface area (Å²) < 4.78 is 23.1. The maximum absolute atomic E-state index is 11.6. The van der Waals surface area contributed by atoms with Crippen LogP contribution in [0.2, 0.25) is 0 Å². The molecule has 4 heteroatoms. The van der Waals surface area contributed by atoms with Crippen molar-refractivity contribution in [3.8, 4) is 11.1 Å². The monoisotopic (exact) mass is 294 g/mol. The van der Waals surface area contributed by atoms with Gasteiger partial charge in [-0.15, -0.1) is 0 Å². The van der Waals surface area contributed by atoms with E-state index in [2.05, 4.69) is 0 Å². The third-order valence-corrected chi connectivity index (χ3v) is 4.83. The van der Waals surface area contributed by atoms with Crippen molar-refractivity contribution in [2.24, 2.45) is 0 Å². The molecule has 0 bridgehead atoms. The molecule has 0 saturated heterocycles. The number of hydrogen-bond donors (Lipinski definition) is 0. The molecule has 0 fully saturated rings. The van der Waals surface area contributed by atoms with Crippen LogP contribution in [0.3, 0.4) is 0 Å². The summed E-state index contributed by atoms with van der Waals surface area (Å²) in [5.74, 6) is 0. The second-order valence-electron chi connectivity index (χ2n) is 4.67. The number of hydrogen-bond acceptors (Lipinski definition) is 2. The van der Waals surface area contributed by atoms with Crippen molar-refractivity contribution in [3.63, 3.8) is 0 Å². The molecule has 2 nitrogen and oxygen atoms in total. The zero-order chi connectivity index (χ0) is 14.2. The molecule has 0 saturated carbocycles. The highest BCUT2D eigenvalue weighted by Crippen LogP contribution is 2.30. The third-order valence-electron chi connectivity index (χ3n) is 3.37. The van der Waals surface area contributed by atoms with Gasteiger partial charge in [-0.2, -0.15) is 0 Å². The van der Waals surface area contributed by atoms with Crippen molar-refractivity contribution in [3.05, 3.63) is 53.1 Å². The summed E-state index contributed by atoms with van der Waals surface area (Å²) in [5, 5.41) is 0. The Morgan fingerprint density at radius 3 is 2.26 bits per heavy atom. The van der Waals surface area contributed by atoms with Gasteiger partial charge in [-0.25, -0.2) is 8.42 Å². The van der Waals surface area contributed by atoms with Gasteiger partial charge in [-0.3, -0.25) is 0 Å². The van der Waals surface area contributed by atoms with Crippen molar-refractivity contribution in [1.82, 2.24) is 0 Å². The Balaban J connectivity index is 2.68. The molecule has 2 rings (SSSR count). The van der Waals surface area contributed by atoms with E-state index in [0.29, 0.717) is 5.56 Å². The summed E-state index contributed by atoms with van der Waals surface area (Å²) in [6.45, 7) is 5.80. The number of rotatable bonds is 2. The summed E-state index contributed by atoms with van der Waals surface area (Å²) in [5.41, 5.74) is 4.87. The van der Waals surface area contributed by atoms with Crippen LogP contribution in [0, 0.1) is 20.8 Å². The predicted octanol–water partition coefficient (Wildman–Crippen LogP) is 4.21. The molecule has 0 amide bonds. The number of aryl methyl sites for hydroxylation is 2.